The molecule has 18 heavy (non-hydrogen) atoms. The quantitative estimate of drug-likeness (QED) is 0.728. The van der Waals surface area contributed by atoms with Crippen LogP contribution in [-0.4, -0.2) is 35.5 Å². The molecule has 3 atom stereocenters. The number of hydrogen-bond acceptors (Lipinski definition) is 4. The highest BCUT2D eigenvalue weighted by molar-refractivity contribution is 5.07. The Balaban J connectivity index is 1.78. The van der Waals surface area contributed by atoms with Crippen LogP contribution in [0, 0.1) is 0 Å². The highest BCUT2D eigenvalue weighted by atomic mass is 16.8. The molecule has 0 unspecified atom stereocenters. The Morgan fingerprint density at radius 3 is 2.72 bits per heavy atom. The van der Waals surface area contributed by atoms with Crippen LogP contribution in [0.2, 0.25) is 0 Å². The van der Waals surface area contributed by atoms with Gasteiger partial charge in [0.1, 0.15) is 0 Å². The van der Waals surface area contributed by atoms with Crippen molar-refractivity contribution in [2.24, 2.45) is 0 Å². The molecule has 0 aromatic carbocycles. The summed E-state index contributed by atoms with van der Waals surface area (Å²) in [4.78, 5) is 0. The van der Waals surface area contributed by atoms with E-state index in [0.29, 0.717) is 0 Å². The van der Waals surface area contributed by atoms with Crippen LogP contribution in [-0.2, 0) is 14.2 Å². The molecule has 0 aliphatic carbocycles. The van der Waals surface area contributed by atoms with Crippen LogP contribution in [0.25, 0.3) is 0 Å². The van der Waals surface area contributed by atoms with Crippen LogP contribution >= 0.6 is 0 Å². The zero-order valence-corrected chi connectivity index (χ0v) is 11.0. The molecule has 1 N–H and O–H groups in total. The van der Waals surface area contributed by atoms with E-state index in [2.05, 4.69) is 6.08 Å². The molecule has 3 heterocycles. The lowest BCUT2D eigenvalue weighted by atomic mass is 9.97. The van der Waals surface area contributed by atoms with E-state index in [-0.39, 0.29) is 6.61 Å². The van der Waals surface area contributed by atoms with Crippen molar-refractivity contribution in [1.82, 2.24) is 0 Å². The predicted octanol–water partition coefficient (Wildman–Crippen LogP) is 2.12. The van der Waals surface area contributed by atoms with E-state index in [4.69, 9.17) is 14.2 Å². The Bertz CT molecular complexity index is 348. The van der Waals surface area contributed by atoms with Gasteiger partial charge in [0.2, 0.25) is 0 Å². The smallest absolute Gasteiger partial charge is 0.191 e. The van der Waals surface area contributed by atoms with Gasteiger partial charge in [0.25, 0.3) is 0 Å². The zero-order chi connectivity index (χ0) is 12.7. The monoisotopic (exact) mass is 254 g/mol. The predicted molar refractivity (Wildman–Crippen MR) is 65.9 cm³/mol. The van der Waals surface area contributed by atoms with Crippen LogP contribution < -0.4 is 0 Å². The Hall–Kier alpha value is -0.420. The van der Waals surface area contributed by atoms with Crippen molar-refractivity contribution >= 4 is 0 Å². The number of aliphatic hydroxyl groups excluding tert-OH is 1. The molecule has 0 saturated carbocycles. The molecule has 2 spiro atoms. The third-order valence-electron chi connectivity index (χ3n) is 4.23. The molecule has 0 aromatic rings. The number of aliphatic hydroxyl groups is 1. The van der Waals surface area contributed by atoms with Gasteiger partial charge in [-0.15, -0.1) is 0 Å². The second-order valence-corrected chi connectivity index (χ2v) is 5.95. The molecule has 4 nitrogen and oxygen atoms in total. The maximum atomic E-state index is 9.41. The SMILES string of the molecule is C[C@@]1(CO)CC[C@]2(CC=C[C@]3(CCCCO3)O2)O1. The van der Waals surface area contributed by atoms with E-state index in [1.54, 1.807) is 0 Å². The topological polar surface area (TPSA) is 47.9 Å². The van der Waals surface area contributed by atoms with Gasteiger partial charge in [0.15, 0.2) is 11.6 Å². The lowest BCUT2D eigenvalue weighted by Gasteiger charge is -2.45. The molecule has 0 radical (unpaired) electrons. The summed E-state index contributed by atoms with van der Waals surface area (Å²) in [6.07, 6.45) is 9.65. The van der Waals surface area contributed by atoms with Gasteiger partial charge >= 0.3 is 0 Å². The lowest BCUT2D eigenvalue weighted by Crippen LogP contribution is -2.50. The van der Waals surface area contributed by atoms with E-state index in [0.717, 1.165) is 45.1 Å². The lowest BCUT2D eigenvalue weighted by molar-refractivity contribution is -0.358. The van der Waals surface area contributed by atoms with E-state index >= 15 is 0 Å². The number of ether oxygens (including phenoxy) is 3. The standard InChI is InChI=1S/C14H22O4/c1-12(11-15)8-9-14(17-12)7-4-6-13(18-14)5-2-3-10-16-13/h4,6,15H,2-3,5,7-11H2,1H3/t12-,13-,14+/m0/s1. The first-order valence-electron chi connectivity index (χ1n) is 6.92. The second-order valence-electron chi connectivity index (χ2n) is 5.95. The first kappa shape index (κ1) is 12.6. The number of rotatable bonds is 1. The van der Waals surface area contributed by atoms with Gasteiger partial charge in [-0.25, -0.2) is 0 Å². The molecule has 3 aliphatic heterocycles. The van der Waals surface area contributed by atoms with Gasteiger partial charge in [-0.2, -0.15) is 0 Å². The maximum Gasteiger partial charge on any atom is 0.191 e. The molecule has 0 bridgehead atoms. The van der Waals surface area contributed by atoms with Gasteiger partial charge in [-0.05, 0) is 32.3 Å². The molecule has 0 aromatic heterocycles. The van der Waals surface area contributed by atoms with E-state index < -0.39 is 17.2 Å². The van der Waals surface area contributed by atoms with Gasteiger partial charge in [-0.3, -0.25) is 0 Å². The first-order chi connectivity index (χ1) is 8.60. The molecular weight excluding hydrogens is 232 g/mol. The summed E-state index contributed by atoms with van der Waals surface area (Å²) in [6.45, 7) is 2.73. The highest BCUT2D eigenvalue weighted by Gasteiger charge is 2.53. The van der Waals surface area contributed by atoms with Crippen molar-refractivity contribution in [2.75, 3.05) is 13.2 Å². The fourth-order valence-electron chi connectivity index (χ4n) is 3.14. The van der Waals surface area contributed by atoms with Gasteiger partial charge in [-0.1, -0.05) is 6.08 Å². The third kappa shape index (κ3) is 2.11. The molecule has 3 aliphatic rings. The Labute approximate surface area is 108 Å². The Morgan fingerprint density at radius 2 is 2.06 bits per heavy atom. The van der Waals surface area contributed by atoms with Gasteiger partial charge in [0.05, 0.1) is 18.8 Å². The molecule has 0 amide bonds. The summed E-state index contributed by atoms with van der Waals surface area (Å²) < 4.78 is 18.1. The summed E-state index contributed by atoms with van der Waals surface area (Å²) in [6, 6.07) is 0. The summed E-state index contributed by atoms with van der Waals surface area (Å²) in [5, 5.41) is 9.41. The van der Waals surface area contributed by atoms with Crippen molar-refractivity contribution < 1.29 is 19.3 Å². The van der Waals surface area contributed by atoms with Crippen molar-refractivity contribution in [3.8, 4) is 0 Å². The third-order valence-corrected chi connectivity index (χ3v) is 4.23. The molecule has 2 saturated heterocycles. The summed E-state index contributed by atoms with van der Waals surface area (Å²) >= 11 is 0. The maximum absolute atomic E-state index is 9.41. The minimum Gasteiger partial charge on any atom is -0.393 e. The summed E-state index contributed by atoms with van der Waals surface area (Å²) in [5.74, 6) is -1.18. The number of hydrogen-bond donors (Lipinski definition) is 1. The largest absolute Gasteiger partial charge is 0.393 e. The van der Waals surface area contributed by atoms with E-state index in [1.807, 2.05) is 13.0 Å². The summed E-state index contributed by atoms with van der Waals surface area (Å²) in [7, 11) is 0. The van der Waals surface area contributed by atoms with E-state index in [1.165, 1.54) is 0 Å². The highest BCUT2D eigenvalue weighted by Crippen LogP contribution is 2.47. The molecule has 4 heteroatoms. The average Bonchev–Trinajstić information content (AvgIpc) is 2.68. The molecule has 102 valence electrons. The average molecular weight is 254 g/mol. The normalized spacial score (nSPS) is 48.1. The van der Waals surface area contributed by atoms with E-state index in [9.17, 15) is 5.11 Å². The van der Waals surface area contributed by atoms with Crippen molar-refractivity contribution in [3.05, 3.63) is 12.2 Å². The van der Waals surface area contributed by atoms with Crippen LogP contribution in [0.15, 0.2) is 12.2 Å². The molecule has 2 fully saturated rings. The van der Waals surface area contributed by atoms with Crippen LogP contribution in [0.1, 0.15) is 45.4 Å². The van der Waals surface area contributed by atoms with Crippen molar-refractivity contribution in [2.45, 2.75) is 62.6 Å². The Morgan fingerprint density at radius 1 is 1.17 bits per heavy atom. The van der Waals surface area contributed by atoms with Crippen LogP contribution in [0.4, 0.5) is 0 Å². The van der Waals surface area contributed by atoms with Gasteiger partial charge in [0, 0.05) is 19.3 Å². The van der Waals surface area contributed by atoms with Crippen LogP contribution in [0.5, 0.6) is 0 Å². The second kappa shape index (κ2) is 4.30. The minimum absolute atomic E-state index is 0.0374. The Kier molecular flexibility index (Phi) is 3.01. The molecule has 3 rings (SSSR count). The fraction of sp³-hybridized carbons (Fsp3) is 0.857. The summed E-state index contributed by atoms with van der Waals surface area (Å²) in [5.41, 5.74) is -0.471. The zero-order valence-electron chi connectivity index (χ0n) is 11.0. The fourth-order valence-corrected chi connectivity index (χ4v) is 3.14. The van der Waals surface area contributed by atoms with Gasteiger partial charge < -0.3 is 19.3 Å². The minimum atomic E-state index is -0.594. The van der Waals surface area contributed by atoms with Crippen LogP contribution in [0.3, 0.4) is 0 Å². The van der Waals surface area contributed by atoms with Crippen molar-refractivity contribution in [1.29, 1.82) is 0 Å². The first-order valence-corrected chi connectivity index (χ1v) is 6.92. The van der Waals surface area contributed by atoms with Crippen molar-refractivity contribution in [3.63, 3.8) is 0 Å². The molecular formula is C14H22O4.